The van der Waals surface area contributed by atoms with Gasteiger partial charge in [0.2, 0.25) is 0 Å². The molecule has 4 aromatic rings. The summed E-state index contributed by atoms with van der Waals surface area (Å²) >= 11 is 0. The first-order valence-electron chi connectivity index (χ1n) is 12.3. The van der Waals surface area contributed by atoms with Gasteiger partial charge in [-0.2, -0.15) is 13.2 Å². The summed E-state index contributed by atoms with van der Waals surface area (Å²) in [5, 5.41) is 8.70. The van der Waals surface area contributed by atoms with Crippen LogP contribution in [0.25, 0.3) is 21.9 Å². The molecule has 0 saturated carbocycles. The van der Waals surface area contributed by atoms with Gasteiger partial charge >= 0.3 is 23.4 Å². The molecule has 12 nitrogen and oxygen atoms in total. The quantitative estimate of drug-likeness (QED) is 0.0958. The van der Waals surface area contributed by atoms with Crippen molar-refractivity contribution in [2.75, 3.05) is 26.3 Å². The summed E-state index contributed by atoms with van der Waals surface area (Å²) in [6, 6.07) is 17.2. The second-order valence-corrected chi connectivity index (χ2v) is 8.15. The van der Waals surface area contributed by atoms with Gasteiger partial charge in [0.1, 0.15) is 22.7 Å². The number of aliphatic imine (C=N–C) groups is 1. The SMILES string of the molecule is NC(N)=NCCCOc1cc(=O)oc2ccccc12.NCCCOc1cc(=O)oc2ccccc12.O=C(O)C(F)(F)F. The molecule has 0 aliphatic rings. The maximum absolute atomic E-state index is 11.4. The lowest BCUT2D eigenvalue weighted by atomic mass is 10.2. The minimum Gasteiger partial charge on any atom is -0.492 e. The van der Waals surface area contributed by atoms with E-state index in [1.165, 1.54) is 12.1 Å². The lowest BCUT2D eigenvalue weighted by molar-refractivity contribution is -0.192. The number of rotatable bonds is 9. The average molecular weight is 595 g/mol. The van der Waals surface area contributed by atoms with Crippen molar-refractivity contribution in [3.8, 4) is 11.5 Å². The van der Waals surface area contributed by atoms with E-state index in [1.807, 2.05) is 30.3 Å². The van der Waals surface area contributed by atoms with Crippen molar-refractivity contribution in [3.05, 3.63) is 81.5 Å². The molecule has 0 atom stereocenters. The Labute approximate surface area is 236 Å². The van der Waals surface area contributed by atoms with Gasteiger partial charge in [-0.1, -0.05) is 24.3 Å². The van der Waals surface area contributed by atoms with Gasteiger partial charge in [0.25, 0.3) is 0 Å². The number of carbonyl (C=O) groups is 1. The number of benzene rings is 2. The van der Waals surface area contributed by atoms with Crippen LogP contribution >= 0.6 is 0 Å². The number of fused-ring (bicyclic) bond motifs is 2. The minimum absolute atomic E-state index is 0.0609. The Hall–Kier alpha value is -5.05. The highest BCUT2D eigenvalue weighted by atomic mass is 19.4. The summed E-state index contributed by atoms with van der Waals surface area (Å²) in [5.41, 5.74) is 16.0. The fraction of sp³-hybridized carbons (Fsp3) is 0.259. The van der Waals surface area contributed by atoms with Crippen LogP contribution in [0.15, 0.2) is 84.1 Å². The highest BCUT2D eigenvalue weighted by Crippen LogP contribution is 2.24. The van der Waals surface area contributed by atoms with E-state index in [0.717, 1.165) is 17.2 Å². The smallest absolute Gasteiger partial charge is 0.490 e. The molecule has 2 aromatic heterocycles. The molecule has 2 heterocycles. The van der Waals surface area contributed by atoms with Gasteiger partial charge in [-0.25, -0.2) is 14.4 Å². The molecule has 2 aromatic carbocycles. The summed E-state index contributed by atoms with van der Waals surface area (Å²) in [6.45, 7) is 1.98. The third-order valence-corrected chi connectivity index (χ3v) is 4.93. The molecule has 0 aliphatic heterocycles. The van der Waals surface area contributed by atoms with Crippen molar-refractivity contribution in [3.63, 3.8) is 0 Å². The lowest BCUT2D eigenvalue weighted by Crippen LogP contribution is -2.23. The number of nitrogens with zero attached hydrogens (tertiary/aromatic N) is 1. The molecule has 4 rings (SSSR count). The number of hydrogen-bond acceptors (Lipinski definition) is 9. The van der Waals surface area contributed by atoms with Crippen molar-refractivity contribution in [2.24, 2.45) is 22.2 Å². The summed E-state index contributed by atoms with van der Waals surface area (Å²) in [6.07, 6.45) is -3.67. The number of nitrogens with two attached hydrogens (primary N) is 3. The van der Waals surface area contributed by atoms with Crippen molar-refractivity contribution < 1.29 is 41.4 Å². The van der Waals surface area contributed by atoms with Gasteiger partial charge in [-0.3, -0.25) is 4.99 Å². The fourth-order valence-electron chi connectivity index (χ4n) is 3.12. The number of carboxylic acids is 1. The maximum Gasteiger partial charge on any atom is 0.490 e. The first-order chi connectivity index (χ1) is 19.9. The number of aliphatic carboxylic acids is 1. The van der Waals surface area contributed by atoms with Crippen molar-refractivity contribution in [1.82, 2.24) is 0 Å². The summed E-state index contributed by atoms with van der Waals surface area (Å²) in [4.78, 5) is 35.4. The van der Waals surface area contributed by atoms with E-state index in [-0.39, 0.29) is 5.96 Å². The Kier molecular flexibility index (Phi) is 12.8. The Morgan fingerprint density at radius 3 is 1.67 bits per heavy atom. The molecule has 0 bridgehead atoms. The molecule has 15 heteroatoms. The summed E-state index contributed by atoms with van der Waals surface area (Å²) < 4.78 is 52.9. The number of guanidine groups is 1. The van der Waals surface area contributed by atoms with Crippen LogP contribution in [0.5, 0.6) is 11.5 Å². The van der Waals surface area contributed by atoms with E-state index >= 15 is 0 Å². The minimum atomic E-state index is -5.08. The molecule has 0 fully saturated rings. The van der Waals surface area contributed by atoms with E-state index < -0.39 is 23.4 Å². The van der Waals surface area contributed by atoms with Gasteiger partial charge in [0.05, 0.1) is 36.1 Å². The highest BCUT2D eigenvalue weighted by molar-refractivity contribution is 5.83. The number of hydrogen-bond donors (Lipinski definition) is 4. The van der Waals surface area contributed by atoms with E-state index in [0.29, 0.717) is 55.4 Å². The van der Waals surface area contributed by atoms with Crippen molar-refractivity contribution in [2.45, 2.75) is 19.0 Å². The van der Waals surface area contributed by atoms with E-state index in [4.69, 9.17) is 45.4 Å². The average Bonchev–Trinajstić information content (AvgIpc) is 2.92. The van der Waals surface area contributed by atoms with E-state index in [9.17, 15) is 22.8 Å². The number of alkyl halides is 3. The van der Waals surface area contributed by atoms with Crippen LogP contribution in [0, 0.1) is 0 Å². The predicted octanol–water partition coefficient (Wildman–Crippen LogP) is 2.99. The number of ether oxygens (including phenoxy) is 2. The Morgan fingerprint density at radius 1 is 0.833 bits per heavy atom. The van der Waals surface area contributed by atoms with Crippen LogP contribution in [-0.4, -0.2) is 49.5 Å². The first kappa shape index (κ1) is 33.2. The van der Waals surface area contributed by atoms with Gasteiger partial charge in [-0.05, 0) is 37.2 Å². The number of carboxylic acid groups (broad SMARTS) is 1. The normalized spacial score (nSPS) is 10.6. The molecule has 0 saturated heterocycles. The van der Waals surface area contributed by atoms with Gasteiger partial charge in [0, 0.05) is 13.0 Å². The summed E-state index contributed by atoms with van der Waals surface area (Å²) in [7, 11) is 0. The van der Waals surface area contributed by atoms with Crippen LogP contribution in [0.1, 0.15) is 12.8 Å². The zero-order chi connectivity index (χ0) is 31.1. The molecular weight excluding hydrogens is 565 g/mol. The molecular formula is C27H29F3N4O8. The molecule has 0 spiro atoms. The number of halogens is 3. The van der Waals surface area contributed by atoms with E-state index in [1.54, 1.807) is 18.2 Å². The molecule has 0 amide bonds. The van der Waals surface area contributed by atoms with Crippen LogP contribution in [0.3, 0.4) is 0 Å². The van der Waals surface area contributed by atoms with Gasteiger partial charge in [-0.15, -0.1) is 0 Å². The zero-order valence-corrected chi connectivity index (χ0v) is 22.1. The Morgan fingerprint density at radius 2 is 1.26 bits per heavy atom. The van der Waals surface area contributed by atoms with Crippen LogP contribution in [0.4, 0.5) is 13.2 Å². The molecule has 226 valence electrons. The second kappa shape index (κ2) is 16.3. The third-order valence-electron chi connectivity index (χ3n) is 4.93. The maximum atomic E-state index is 11.4. The third kappa shape index (κ3) is 11.2. The van der Waals surface area contributed by atoms with Crippen molar-refractivity contribution >= 4 is 33.9 Å². The molecule has 42 heavy (non-hydrogen) atoms. The molecule has 0 unspecified atom stereocenters. The van der Waals surface area contributed by atoms with E-state index in [2.05, 4.69) is 4.99 Å². The standard InChI is InChI=1S/C13H15N3O3.C12H13NO3.C2HF3O2/c14-13(15)16-6-3-7-18-11-8-12(17)19-10-5-2-1-4-9(10)11;13-6-3-7-15-11-8-12(14)16-10-5-2-1-4-9(10)11;3-2(4,5)1(6)7/h1-2,4-5,8H,3,6-7H2,(H4,14,15,16);1-2,4-5,8H,3,6-7,13H2;(H,6,7). The fourth-order valence-corrected chi connectivity index (χ4v) is 3.12. The van der Waals surface area contributed by atoms with Crippen LogP contribution in [0.2, 0.25) is 0 Å². The molecule has 0 radical (unpaired) electrons. The summed E-state index contributed by atoms with van der Waals surface area (Å²) in [5.74, 6) is -1.63. The number of para-hydroxylation sites is 2. The second-order valence-electron chi connectivity index (χ2n) is 8.15. The zero-order valence-electron chi connectivity index (χ0n) is 22.1. The largest absolute Gasteiger partial charge is 0.492 e. The van der Waals surface area contributed by atoms with Crippen LogP contribution in [-0.2, 0) is 4.79 Å². The monoisotopic (exact) mass is 594 g/mol. The van der Waals surface area contributed by atoms with Crippen molar-refractivity contribution in [1.29, 1.82) is 0 Å². The lowest BCUT2D eigenvalue weighted by Gasteiger charge is -2.07. The molecule has 0 aliphatic carbocycles. The predicted molar refractivity (Wildman–Crippen MR) is 149 cm³/mol. The van der Waals surface area contributed by atoms with Crippen LogP contribution < -0.4 is 37.9 Å². The topological polar surface area (TPSA) is 207 Å². The molecule has 7 N–H and O–H groups in total. The van der Waals surface area contributed by atoms with Gasteiger partial charge < -0.3 is 40.6 Å². The highest BCUT2D eigenvalue weighted by Gasteiger charge is 2.38. The van der Waals surface area contributed by atoms with Gasteiger partial charge in [0.15, 0.2) is 5.96 Å². The first-order valence-corrected chi connectivity index (χ1v) is 12.3. The Balaban J connectivity index is 0.000000243. The Bertz CT molecular complexity index is 1600.